The highest BCUT2D eigenvalue weighted by atomic mass is 32.2. The second-order valence-electron chi connectivity index (χ2n) is 7.47. The van der Waals surface area contributed by atoms with Gasteiger partial charge in [0, 0.05) is 25.9 Å². The van der Waals surface area contributed by atoms with E-state index in [0.717, 1.165) is 18.5 Å². The lowest BCUT2D eigenvalue weighted by Crippen LogP contribution is -2.43. The van der Waals surface area contributed by atoms with Crippen molar-refractivity contribution in [2.45, 2.75) is 44.1 Å². The van der Waals surface area contributed by atoms with Gasteiger partial charge < -0.3 is 10.1 Å². The fourth-order valence-corrected chi connectivity index (χ4v) is 4.94. The van der Waals surface area contributed by atoms with Crippen molar-refractivity contribution in [1.29, 1.82) is 0 Å². The maximum atomic E-state index is 12.8. The van der Waals surface area contributed by atoms with Gasteiger partial charge in [-0.2, -0.15) is 5.10 Å². The van der Waals surface area contributed by atoms with E-state index in [1.165, 1.54) is 37.7 Å². The summed E-state index contributed by atoms with van der Waals surface area (Å²) < 4.78 is 30.9. The van der Waals surface area contributed by atoms with Crippen LogP contribution in [0.1, 0.15) is 54.1 Å². The number of carbonyl (C=O) groups is 1. The third-order valence-electron chi connectivity index (χ3n) is 5.42. The minimum absolute atomic E-state index is 0.0359. The van der Waals surface area contributed by atoms with E-state index in [0.29, 0.717) is 24.7 Å². The highest BCUT2D eigenvalue weighted by Gasteiger charge is 2.35. The number of amides is 1. The molecular weight excluding hydrogens is 356 g/mol. The summed E-state index contributed by atoms with van der Waals surface area (Å²) in [5.74, 6) is -0.151. The highest BCUT2D eigenvalue weighted by molar-refractivity contribution is 7.89. The molecule has 1 aliphatic carbocycles. The largest absolute Gasteiger partial charge is 0.379 e. The summed E-state index contributed by atoms with van der Waals surface area (Å²) in [5, 5.41) is 10.0. The molecule has 2 heterocycles. The van der Waals surface area contributed by atoms with Crippen molar-refractivity contribution in [3.8, 4) is 0 Å². The monoisotopic (exact) mass is 384 g/mol. The fourth-order valence-electron chi connectivity index (χ4n) is 3.77. The summed E-state index contributed by atoms with van der Waals surface area (Å²) in [7, 11) is -0.317. The second kappa shape index (κ2) is 8.06. The summed E-state index contributed by atoms with van der Waals surface area (Å²) in [5.41, 5.74) is 1.47. The fraction of sp³-hybridized carbons (Fsp3) is 0.765. The van der Waals surface area contributed by atoms with Crippen LogP contribution in [0.5, 0.6) is 0 Å². The molecular formula is C17H28N4O4S. The molecule has 1 saturated heterocycles. The normalized spacial score (nSPS) is 24.9. The molecule has 2 N–H and O–H groups in total. The van der Waals surface area contributed by atoms with Gasteiger partial charge in [-0.05, 0) is 12.8 Å². The highest BCUT2D eigenvalue weighted by Crippen LogP contribution is 2.33. The van der Waals surface area contributed by atoms with Crippen molar-refractivity contribution in [2.24, 2.45) is 5.92 Å². The van der Waals surface area contributed by atoms with E-state index < -0.39 is 10.0 Å². The Balaban J connectivity index is 1.67. The first-order valence-corrected chi connectivity index (χ1v) is 10.8. The van der Waals surface area contributed by atoms with E-state index in [2.05, 4.69) is 15.5 Å². The predicted molar refractivity (Wildman–Crippen MR) is 97.5 cm³/mol. The molecule has 8 nitrogen and oxygen atoms in total. The van der Waals surface area contributed by atoms with Gasteiger partial charge in [-0.15, -0.1) is 0 Å². The molecule has 1 saturated carbocycles. The van der Waals surface area contributed by atoms with Gasteiger partial charge in [-0.1, -0.05) is 19.3 Å². The van der Waals surface area contributed by atoms with Crippen LogP contribution in [0.2, 0.25) is 0 Å². The smallest absolute Gasteiger partial charge is 0.255 e. The van der Waals surface area contributed by atoms with Gasteiger partial charge in [0.25, 0.3) is 5.91 Å². The van der Waals surface area contributed by atoms with Crippen molar-refractivity contribution < 1.29 is 17.9 Å². The Labute approximate surface area is 154 Å². The molecule has 1 aromatic rings. The Morgan fingerprint density at radius 1 is 1.31 bits per heavy atom. The number of carbonyl (C=O) groups excluding carboxylic acids is 1. The SMILES string of the molecule is CN(C)S(=O)(=O)C[C@@H]1COC[C@@H]1NC(=O)c1cn[nH]c1C1CCCCC1. The minimum atomic E-state index is -3.35. The first-order chi connectivity index (χ1) is 12.4. The lowest BCUT2D eigenvalue weighted by atomic mass is 9.85. The Bertz CT molecular complexity index is 725. The van der Waals surface area contributed by atoms with E-state index in [1.807, 2.05) is 0 Å². The number of nitrogens with zero attached hydrogens (tertiary/aromatic N) is 2. The topological polar surface area (TPSA) is 104 Å². The lowest BCUT2D eigenvalue weighted by molar-refractivity contribution is 0.0924. The summed E-state index contributed by atoms with van der Waals surface area (Å²) in [4.78, 5) is 12.8. The average molecular weight is 385 g/mol. The number of nitrogens with one attached hydrogen (secondary N) is 2. The van der Waals surface area contributed by atoms with Crippen LogP contribution in [-0.2, 0) is 14.8 Å². The molecule has 0 unspecified atom stereocenters. The number of ether oxygens (including phenoxy) is 1. The molecule has 3 rings (SSSR count). The maximum absolute atomic E-state index is 12.8. The minimum Gasteiger partial charge on any atom is -0.379 e. The standard InChI is InChI=1S/C17H28N4O4S/c1-21(2)26(23,24)11-13-9-25-10-15(13)19-17(22)14-8-18-20-16(14)12-6-4-3-5-7-12/h8,12-13,15H,3-7,9-11H2,1-2H3,(H,18,20)(H,19,22)/t13-,15-/m0/s1. The molecule has 146 valence electrons. The molecule has 2 aliphatic rings. The van der Waals surface area contributed by atoms with Crippen molar-refractivity contribution >= 4 is 15.9 Å². The summed E-state index contributed by atoms with van der Waals surface area (Å²) in [6.07, 6.45) is 7.29. The Morgan fingerprint density at radius 3 is 2.73 bits per heavy atom. The van der Waals surface area contributed by atoms with Crippen LogP contribution < -0.4 is 5.32 Å². The first kappa shape index (κ1) is 19.3. The molecule has 1 aliphatic heterocycles. The Kier molecular flexibility index (Phi) is 5.99. The maximum Gasteiger partial charge on any atom is 0.255 e. The van der Waals surface area contributed by atoms with E-state index in [-0.39, 0.29) is 23.6 Å². The van der Waals surface area contributed by atoms with Crippen molar-refractivity contribution in [2.75, 3.05) is 33.1 Å². The van der Waals surface area contributed by atoms with Crippen molar-refractivity contribution in [3.63, 3.8) is 0 Å². The number of aromatic amines is 1. The van der Waals surface area contributed by atoms with Crippen LogP contribution >= 0.6 is 0 Å². The van der Waals surface area contributed by atoms with Crippen LogP contribution in [-0.4, -0.2) is 67.9 Å². The molecule has 0 radical (unpaired) electrons. The molecule has 0 bridgehead atoms. The molecule has 0 spiro atoms. The van der Waals surface area contributed by atoms with Crippen LogP contribution in [0.3, 0.4) is 0 Å². The van der Waals surface area contributed by atoms with E-state index in [1.54, 1.807) is 6.20 Å². The molecule has 2 atom stereocenters. The zero-order valence-electron chi connectivity index (χ0n) is 15.4. The third-order valence-corrected chi connectivity index (χ3v) is 7.38. The van der Waals surface area contributed by atoms with E-state index >= 15 is 0 Å². The lowest BCUT2D eigenvalue weighted by Gasteiger charge is -2.23. The van der Waals surface area contributed by atoms with Crippen molar-refractivity contribution in [3.05, 3.63) is 17.5 Å². The summed E-state index contributed by atoms with van der Waals surface area (Å²) in [6.45, 7) is 0.662. The number of H-pyrrole nitrogens is 1. The zero-order chi connectivity index (χ0) is 18.7. The summed E-state index contributed by atoms with van der Waals surface area (Å²) >= 11 is 0. The molecule has 1 amide bonds. The number of sulfonamides is 1. The molecule has 9 heteroatoms. The van der Waals surface area contributed by atoms with Crippen LogP contribution in [0.4, 0.5) is 0 Å². The van der Waals surface area contributed by atoms with E-state index in [4.69, 9.17) is 4.74 Å². The average Bonchev–Trinajstić information content (AvgIpc) is 3.25. The van der Waals surface area contributed by atoms with Crippen LogP contribution in [0, 0.1) is 5.92 Å². The van der Waals surface area contributed by atoms with Gasteiger partial charge in [0.05, 0.1) is 42.5 Å². The zero-order valence-corrected chi connectivity index (χ0v) is 16.2. The molecule has 0 aromatic carbocycles. The Hall–Kier alpha value is -1.45. The third kappa shape index (κ3) is 4.27. The quantitative estimate of drug-likeness (QED) is 0.764. The number of hydrogen-bond acceptors (Lipinski definition) is 5. The van der Waals surface area contributed by atoms with Crippen LogP contribution in [0.25, 0.3) is 0 Å². The first-order valence-electron chi connectivity index (χ1n) is 9.20. The van der Waals surface area contributed by atoms with E-state index in [9.17, 15) is 13.2 Å². The van der Waals surface area contributed by atoms with Gasteiger partial charge in [-0.3, -0.25) is 9.89 Å². The molecule has 26 heavy (non-hydrogen) atoms. The van der Waals surface area contributed by atoms with Gasteiger partial charge in [0.2, 0.25) is 10.0 Å². The summed E-state index contributed by atoms with van der Waals surface area (Å²) in [6, 6.07) is -0.314. The Morgan fingerprint density at radius 2 is 2.04 bits per heavy atom. The van der Waals surface area contributed by atoms with Gasteiger partial charge in [0.1, 0.15) is 0 Å². The van der Waals surface area contributed by atoms with Gasteiger partial charge in [-0.25, -0.2) is 12.7 Å². The van der Waals surface area contributed by atoms with Crippen LogP contribution in [0.15, 0.2) is 6.20 Å². The predicted octanol–water partition coefficient (Wildman–Crippen LogP) is 1.09. The number of rotatable bonds is 6. The molecule has 2 fully saturated rings. The van der Waals surface area contributed by atoms with Gasteiger partial charge >= 0.3 is 0 Å². The second-order valence-corrected chi connectivity index (χ2v) is 9.70. The number of hydrogen-bond donors (Lipinski definition) is 2. The van der Waals surface area contributed by atoms with Crippen molar-refractivity contribution in [1.82, 2.24) is 19.8 Å². The van der Waals surface area contributed by atoms with Gasteiger partial charge in [0.15, 0.2) is 0 Å². The number of aromatic nitrogens is 2. The molecule has 1 aromatic heterocycles.